The monoisotopic (exact) mass is 249 g/mol. The molecule has 0 radical (unpaired) electrons. The number of benzene rings is 1. The lowest BCUT2D eigenvalue weighted by Crippen LogP contribution is -2.35. The number of rotatable bonds is 6. The number of aliphatic hydroxyl groups excluding tert-OH is 1. The summed E-state index contributed by atoms with van der Waals surface area (Å²) in [6.07, 6.45) is 1.11. The molecule has 0 aliphatic heterocycles. The van der Waals surface area contributed by atoms with Crippen molar-refractivity contribution in [3.05, 3.63) is 35.4 Å². The van der Waals surface area contributed by atoms with Crippen molar-refractivity contribution in [1.29, 1.82) is 0 Å². The smallest absolute Gasteiger partial charge is 0.224 e. The number of hydrogen-bond acceptors (Lipinski definition) is 2. The van der Waals surface area contributed by atoms with Gasteiger partial charge in [-0.25, -0.2) is 0 Å². The molecule has 1 amide bonds. The second-order valence-electron chi connectivity index (χ2n) is 5.58. The molecular formula is C15H23NO2. The number of nitrogens with one attached hydrogen (secondary N) is 1. The van der Waals surface area contributed by atoms with Gasteiger partial charge in [0.2, 0.25) is 5.91 Å². The standard InChI is InChI=1S/C15H23NO2/c1-12-5-4-6-13(9-12)10-14(18)16-11-15(2,3)7-8-17/h4-6,9,17H,7-8,10-11H2,1-3H3,(H,16,18). The number of carbonyl (C=O) groups is 1. The maximum absolute atomic E-state index is 11.8. The van der Waals surface area contributed by atoms with Gasteiger partial charge in [0.1, 0.15) is 0 Å². The molecule has 0 atom stereocenters. The summed E-state index contributed by atoms with van der Waals surface area (Å²) in [6, 6.07) is 7.98. The first-order chi connectivity index (χ1) is 8.43. The van der Waals surface area contributed by atoms with Crippen LogP contribution < -0.4 is 5.32 Å². The van der Waals surface area contributed by atoms with Crippen LogP contribution in [0.25, 0.3) is 0 Å². The molecule has 0 fully saturated rings. The average molecular weight is 249 g/mol. The van der Waals surface area contributed by atoms with E-state index in [4.69, 9.17) is 5.11 Å². The fourth-order valence-electron chi connectivity index (χ4n) is 1.80. The molecule has 2 N–H and O–H groups in total. The molecular weight excluding hydrogens is 226 g/mol. The summed E-state index contributed by atoms with van der Waals surface area (Å²) in [5.41, 5.74) is 2.14. The average Bonchev–Trinajstić information content (AvgIpc) is 2.26. The molecule has 1 aromatic rings. The Balaban J connectivity index is 2.43. The molecule has 0 spiro atoms. The van der Waals surface area contributed by atoms with Crippen molar-refractivity contribution in [2.45, 2.75) is 33.6 Å². The van der Waals surface area contributed by atoms with Gasteiger partial charge in [-0.15, -0.1) is 0 Å². The Kier molecular flexibility index (Phi) is 5.35. The zero-order valence-electron chi connectivity index (χ0n) is 11.5. The van der Waals surface area contributed by atoms with E-state index in [1.54, 1.807) is 0 Å². The molecule has 0 unspecified atom stereocenters. The number of hydrogen-bond donors (Lipinski definition) is 2. The Bertz CT molecular complexity index is 399. The molecule has 0 aromatic heterocycles. The van der Waals surface area contributed by atoms with E-state index in [0.717, 1.165) is 5.56 Å². The van der Waals surface area contributed by atoms with Gasteiger partial charge in [-0.3, -0.25) is 4.79 Å². The third-order valence-corrected chi connectivity index (χ3v) is 3.00. The molecule has 3 heteroatoms. The summed E-state index contributed by atoms with van der Waals surface area (Å²) in [4.78, 5) is 11.8. The van der Waals surface area contributed by atoms with Crippen LogP contribution in [0.3, 0.4) is 0 Å². The van der Waals surface area contributed by atoms with Crippen LogP contribution in [0.2, 0.25) is 0 Å². The first-order valence-corrected chi connectivity index (χ1v) is 6.36. The van der Waals surface area contributed by atoms with E-state index < -0.39 is 0 Å². The minimum atomic E-state index is -0.0585. The van der Waals surface area contributed by atoms with E-state index in [2.05, 4.69) is 5.32 Å². The minimum Gasteiger partial charge on any atom is -0.396 e. The van der Waals surface area contributed by atoms with Gasteiger partial charge in [-0.2, -0.15) is 0 Å². The molecule has 0 aliphatic carbocycles. The van der Waals surface area contributed by atoms with E-state index in [-0.39, 0.29) is 17.9 Å². The van der Waals surface area contributed by atoms with Gasteiger partial charge < -0.3 is 10.4 Å². The Morgan fingerprint density at radius 1 is 1.39 bits per heavy atom. The second kappa shape index (κ2) is 6.55. The SMILES string of the molecule is Cc1cccc(CC(=O)NCC(C)(C)CCO)c1. The van der Waals surface area contributed by atoms with Crippen LogP contribution >= 0.6 is 0 Å². The van der Waals surface area contributed by atoms with Crippen LogP contribution in [0, 0.1) is 12.3 Å². The van der Waals surface area contributed by atoms with Crippen molar-refractivity contribution in [3.8, 4) is 0 Å². The Morgan fingerprint density at radius 2 is 2.11 bits per heavy atom. The van der Waals surface area contributed by atoms with Gasteiger partial charge >= 0.3 is 0 Å². The van der Waals surface area contributed by atoms with E-state index >= 15 is 0 Å². The Morgan fingerprint density at radius 3 is 2.72 bits per heavy atom. The third kappa shape index (κ3) is 5.32. The van der Waals surface area contributed by atoms with Gasteiger partial charge in [0.25, 0.3) is 0 Å². The van der Waals surface area contributed by atoms with Crippen LogP contribution in [0.5, 0.6) is 0 Å². The lowest BCUT2D eigenvalue weighted by atomic mass is 9.89. The number of aliphatic hydroxyl groups is 1. The molecule has 1 rings (SSSR count). The summed E-state index contributed by atoms with van der Waals surface area (Å²) in [5, 5.41) is 11.8. The maximum Gasteiger partial charge on any atom is 0.224 e. The van der Waals surface area contributed by atoms with Crippen molar-refractivity contribution < 1.29 is 9.90 Å². The summed E-state index contributed by atoms with van der Waals surface area (Å²) >= 11 is 0. The van der Waals surface area contributed by atoms with Crippen LogP contribution in [-0.4, -0.2) is 24.2 Å². The molecule has 100 valence electrons. The Hall–Kier alpha value is -1.35. The first-order valence-electron chi connectivity index (χ1n) is 6.36. The normalized spacial score (nSPS) is 11.3. The van der Waals surface area contributed by atoms with Gasteiger partial charge in [0, 0.05) is 13.2 Å². The minimum absolute atomic E-state index is 0.0339. The molecule has 0 aliphatic rings. The van der Waals surface area contributed by atoms with Crippen LogP contribution in [0.15, 0.2) is 24.3 Å². The maximum atomic E-state index is 11.8. The highest BCUT2D eigenvalue weighted by molar-refractivity contribution is 5.78. The van der Waals surface area contributed by atoms with Crippen LogP contribution in [0.1, 0.15) is 31.4 Å². The molecule has 0 bridgehead atoms. The third-order valence-electron chi connectivity index (χ3n) is 3.00. The van der Waals surface area contributed by atoms with Crippen LogP contribution in [-0.2, 0) is 11.2 Å². The van der Waals surface area contributed by atoms with Gasteiger partial charge in [-0.05, 0) is 24.3 Å². The second-order valence-corrected chi connectivity index (χ2v) is 5.58. The summed E-state index contributed by atoms with van der Waals surface area (Å²) in [6.45, 7) is 6.84. The largest absolute Gasteiger partial charge is 0.396 e. The quantitative estimate of drug-likeness (QED) is 0.811. The topological polar surface area (TPSA) is 49.3 Å². The number of carbonyl (C=O) groups excluding carboxylic acids is 1. The number of aryl methyl sites for hydroxylation is 1. The van der Waals surface area contributed by atoms with Crippen molar-refractivity contribution >= 4 is 5.91 Å². The lowest BCUT2D eigenvalue weighted by molar-refractivity contribution is -0.120. The molecule has 1 aromatic carbocycles. The van der Waals surface area contributed by atoms with Crippen molar-refractivity contribution in [2.75, 3.05) is 13.2 Å². The molecule has 0 saturated heterocycles. The fourth-order valence-corrected chi connectivity index (χ4v) is 1.80. The zero-order chi connectivity index (χ0) is 13.6. The van der Waals surface area contributed by atoms with E-state index in [0.29, 0.717) is 19.4 Å². The van der Waals surface area contributed by atoms with Crippen molar-refractivity contribution in [2.24, 2.45) is 5.41 Å². The first kappa shape index (κ1) is 14.7. The summed E-state index contributed by atoms with van der Waals surface area (Å²) < 4.78 is 0. The van der Waals surface area contributed by atoms with Crippen molar-refractivity contribution in [1.82, 2.24) is 5.32 Å². The molecule has 18 heavy (non-hydrogen) atoms. The van der Waals surface area contributed by atoms with Crippen molar-refractivity contribution in [3.63, 3.8) is 0 Å². The van der Waals surface area contributed by atoms with E-state index in [1.165, 1.54) is 5.56 Å². The van der Waals surface area contributed by atoms with E-state index in [1.807, 2.05) is 45.0 Å². The lowest BCUT2D eigenvalue weighted by Gasteiger charge is -2.23. The fraction of sp³-hybridized carbons (Fsp3) is 0.533. The van der Waals surface area contributed by atoms with E-state index in [9.17, 15) is 4.79 Å². The summed E-state index contributed by atoms with van der Waals surface area (Å²) in [5.74, 6) is 0.0339. The predicted octanol–water partition coefficient (Wildman–Crippen LogP) is 2.06. The highest BCUT2D eigenvalue weighted by Gasteiger charge is 2.18. The highest BCUT2D eigenvalue weighted by atomic mass is 16.3. The molecule has 0 heterocycles. The number of amides is 1. The zero-order valence-corrected chi connectivity index (χ0v) is 11.5. The van der Waals surface area contributed by atoms with Gasteiger partial charge in [0.15, 0.2) is 0 Å². The Labute approximate surface area is 109 Å². The van der Waals surface area contributed by atoms with Gasteiger partial charge in [-0.1, -0.05) is 43.7 Å². The summed E-state index contributed by atoms with van der Waals surface area (Å²) in [7, 11) is 0. The molecule has 0 saturated carbocycles. The van der Waals surface area contributed by atoms with Crippen LogP contribution in [0.4, 0.5) is 0 Å². The predicted molar refractivity (Wildman–Crippen MR) is 73.4 cm³/mol. The molecule has 3 nitrogen and oxygen atoms in total. The highest BCUT2D eigenvalue weighted by Crippen LogP contribution is 2.18. The van der Waals surface area contributed by atoms with Gasteiger partial charge in [0.05, 0.1) is 6.42 Å².